The van der Waals surface area contributed by atoms with Crippen LogP contribution >= 0.6 is 0 Å². The molecule has 18 heteroatoms. The van der Waals surface area contributed by atoms with Gasteiger partial charge in [-0.2, -0.15) is 0 Å². The summed E-state index contributed by atoms with van der Waals surface area (Å²) in [5.41, 5.74) is 14.2. The molecule has 0 rings (SSSR count). The number of rotatable bonds is 9. The van der Waals surface area contributed by atoms with E-state index in [0.717, 1.165) is 0 Å². The summed E-state index contributed by atoms with van der Waals surface area (Å²) in [5, 5.41) is 58.0. The second-order valence-electron chi connectivity index (χ2n) is 4.50. The molecule has 0 spiro atoms. The Morgan fingerprint density at radius 3 is 0.633 bits per heavy atom. The van der Waals surface area contributed by atoms with Gasteiger partial charge in [0.15, 0.2) is 0 Å². The molecule has 0 radical (unpaired) electrons. The van der Waals surface area contributed by atoms with Crippen molar-refractivity contribution in [1.29, 1.82) is 0 Å². The summed E-state index contributed by atoms with van der Waals surface area (Å²) in [6, 6.07) is -4.39. The third kappa shape index (κ3) is 35.9. The largest absolute Gasteiger partial charge is 2.00 e. The molecule has 6 N–H and O–H groups in total. The zero-order valence-electron chi connectivity index (χ0n) is 15.6. The molecule has 30 heavy (non-hydrogen) atoms. The topological polar surface area (TPSA) is 319 Å². The molecule has 156 valence electrons. The molecular formula is C12H15Ca3N3O12. The number of carboxylic acids is 6. The minimum atomic E-state index is -1.58. The molecule has 0 aliphatic rings. The first-order chi connectivity index (χ1) is 12.1. The van der Waals surface area contributed by atoms with Crippen molar-refractivity contribution in [2.45, 2.75) is 37.4 Å². The molecule has 15 nitrogen and oxygen atoms in total. The number of hydrogen-bond donors (Lipinski definition) is 3. The first kappa shape index (κ1) is 44.2. The van der Waals surface area contributed by atoms with Crippen molar-refractivity contribution in [3.05, 3.63) is 0 Å². The van der Waals surface area contributed by atoms with Crippen LogP contribution < -0.4 is 47.8 Å². The molecule has 0 aromatic rings. The smallest absolute Gasteiger partial charge is 0.550 e. The summed E-state index contributed by atoms with van der Waals surface area (Å²) in [4.78, 5) is 58.0. The Bertz CT molecular complexity index is 488. The van der Waals surface area contributed by atoms with E-state index >= 15 is 0 Å². The molecule has 0 aromatic heterocycles. The Balaban J connectivity index is -0.0000000686. The SMILES string of the molecule is N[C@@H](CC(=O)[O-])C(=O)[O-].N[C@@H](CC(=O)[O-])C(=O)[O-].N[C@H](CC(=O)[O-])C(=O)[O-].[Ca+2].[Ca+2].[Ca+2]. The number of carboxylic acid groups (broad SMARTS) is 6. The molecule has 0 aliphatic carbocycles. The molecular weight excluding hydrogens is 498 g/mol. The van der Waals surface area contributed by atoms with Crippen LogP contribution in [0.3, 0.4) is 0 Å². The fraction of sp³-hybridized carbons (Fsp3) is 0.500. The second-order valence-corrected chi connectivity index (χ2v) is 4.50. The number of aliphatic carboxylic acids is 6. The maximum absolute atomic E-state index is 9.71. The van der Waals surface area contributed by atoms with Gasteiger partial charge < -0.3 is 76.6 Å². The minimum Gasteiger partial charge on any atom is -0.550 e. The summed E-state index contributed by atoms with van der Waals surface area (Å²) in [6.07, 6.45) is -2.12. The van der Waals surface area contributed by atoms with Crippen LogP contribution in [0.5, 0.6) is 0 Å². The summed E-state index contributed by atoms with van der Waals surface area (Å²) >= 11 is 0. The van der Waals surface area contributed by atoms with Gasteiger partial charge in [-0.05, 0) is 0 Å². The van der Waals surface area contributed by atoms with Crippen molar-refractivity contribution in [2.24, 2.45) is 17.2 Å². The van der Waals surface area contributed by atoms with E-state index in [2.05, 4.69) is 0 Å². The third-order valence-electron chi connectivity index (χ3n) is 2.07. The Morgan fingerprint density at radius 2 is 0.600 bits per heavy atom. The van der Waals surface area contributed by atoms with Gasteiger partial charge in [0, 0.05) is 55.3 Å². The maximum atomic E-state index is 9.71. The first-order valence-corrected chi connectivity index (χ1v) is 6.60. The average Bonchev–Trinajstić information content (AvgIpc) is 2.46. The van der Waals surface area contributed by atoms with Gasteiger partial charge in [-0.25, -0.2) is 0 Å². The van der Waals surface area contributed by atoms with E-state index in [4.69, 9.17) is 17.2 Å². The first-order valence-electron chi connectivity index (χ1n) is 6.60. The molecule has 0 aliphatic heterocycles. The van der Waals surface area contributed by atoms with E-state index in [1.165, 1.54) is 0 Å². The molecule has 0 saturated carbocycles. The Labute approximate surface area is 259 Å². The van der Waals surface area contributed by atoms with Crippen LogP contribution in [0.2, 0.25) is 0 Å². The summed E-state index contributed by atoms with van der Waals surface area (Å²) in [7, 11) is 0. The van der Waals surface area contributed by atoms with Crippen LogP contribution in [0, 0.1) is 0 Å². The van der Waals surface area contributed by atoms with Gasteiger partial charge in [0.2, 0.25) is 0 Å². The van der Waals surface area contributed by atoms with E-state index in [0.29, 0.717) is 0 Å². The van der Waals surface area contributed by atoms with Gasteiger partial charge in [-0.3, -0.25) is 0 Å². The Kier molecular flexibility index (Phi) is 37.9. The average molecular weight is 513 g/mol. The molecule has 0 amide bonds. The molecule has 0 aromatic carbocycles. The van der Waals surface area contributed by atoms with Crippen molar-refractivity contribution in [3.63, 3.8) is 0 Å². The molecule has 0 saturated heterocycles. The normalized spacial score (nSPS) is 11.3. The van der Waals surface area contributed by atoms with Gasteiger partial charge in [0.05, 0.1) is 17.9 Å². The zero-order chi connectivity index (χ0) is 22.3. The minimum absolute atomic E-state index is 0. The van der Waals surface area contributed by atoms with Crippen molar-refractivity contribution in [2.75, 3.05) is 0 Å². The zero-order valence-corrected chi connectivity index (χ0v) is 22.2. The number of nitrogens with two attached hydrogens (primary N) is 3. The van der Waals surface area contributed by atoms with E-state index in [-0.39, 0.29) is 113 Å². The van der Waals surface area contributed by atoms with E-state index < -0.39 is 73.2 Å². The maximum Gasteiger partial charge on any atom is 2.00 e. The summed E-state index contributed by atoms with van der Waals surface area (Å²) < 4.78 is 0. The van der Waals surface area contributed by atoms with Gasteiger partial charge in [-0.1, -0.05) is 0 Å². The molecule has 0 heterocycles. The standard InChI is InChI=1S/3C4H7NO4.3Ca/c3*5-2(4(8)9)1-3(6)7;;;/h3*2H,1,5H2,(H,6,7)(H,8,9);;;/q;;;3*+2/p-6/t3*2-;;;/m100.../s1. The second kappa shape index (κ2) is 25.7. The molecule has 0 bridgehead atoms. The van der Waals surface area contributed by atoms with Gasteiger partial charge in [-0.15, -0.1) is 0 Å². The Morgan fingerprint density at radius 1 is 0.467 bits per heavy atom. The van der Waals surface area contributed by atoms with Crippen molar-refractivity contribution < 1.29 is 59.4 Å². The fourth-order valence-corrected chi connectivity index (χ4v) is 0.789. The van der Waals surface area contributed by atoms with Crippen LogP contribution in [0.15, 0.2) is 0 Å². The quantitative estimate of drug-likeness (QED) is 0.241. The summed E-state index contributed by atoms with van der Waals surface area (Å²) in [5.74, 6) is -9.23. The van der Waals surface area contributed by atoms with Crippen molar-refractivity contribution >= 4 is 149 Å². The predicted octanol–water partition coefficient (Wildman–Crippen LogP) is -12.5. The molecule has 3 atom stereocenters. The van der Waals surface area contributed by atoms with E-state index in [1.807, 2.05) is 0 Å². The number of carbonyl (C=O) groups is 6. The molecule has 0 unspecified atom stereocenters. The van der Waals surface area contributed by atoms with Gasteiger partial charge >= 0.3 is 113 Å². The van der Waals surface area contributed by atoms with Gasteiger partial charge in [0.25, 0.3) is 0 Å². The number of carbonyl (C=O) groups excluding carboxylic acids is 6. The van der Waals surface area contributed by atoms with Crippen molar-refractivity contribution in [1.82, 2.24) is 0 Å². The fourth-order valence-electron chi connectivity index (χ4n) is 0.789. The van der Waals surface area contributed by atoms with Crippen LogP contribution in [-0.4, -0.2) is 167 Å². The van der Waals surface area contributed by atoms with Crippen molar-refractivity contribution in [3.8, 4) is 0 Å². The van der Waals surface area contributed by atoms with Crippen LogP contribution in [0.25, 0.3) is 0 Å². The van der Waals surface area contributed by atoms with E-state index in [1.54, 1.807) is 0 Å². The number of hydrogen-bond acceptors (Lipinski definition) is 15. The predicted molar refractivity (Wildman–Crippen MR) is 85.1 cm³/mol. The molecule has 0 fully saturated rings. The summed E-state index contributed by atoms with van der Waals surface area (Å²) in [6.45, 7) is 0. The van der Waals surface area contributed by atoms with E-state index in [9.17, 15) is 59.4 Å². The van der Waals surface area contributed by atoms with Crippen LogP contribution in [-0.2, 0) is 28.8 Å². The monoisotopic (exact) mass is 513 g/mol. The van der Waals surface area contributed by atoms with Crippen LogP contribution in [0.4, 0.5) is 0 Å². The van der Waals surface area contributed by atoms with Crippen LogP contribution in [0.1, 0.15) is 19.3 Å². The Hall–Kier alpha value is 0.479. The van der Waals surface area contributed by atoms with Gasteiger partial charge in [0.1, 0.15) is 0 Å². The third-order valence-corrected chi connectivity index (χ3v) is 2.07.